The molecule has 116 valence electrons. The van der Waals surface area contributed by atoms with Crippen molar-refractivity contribution in [2.75, 3.05) is 11.9 Å². The molecule has 1 atom stereocenters. The van der Waals surface area contributed by atoms with Gasteiger partial charge in [-0.3, -0.25) is 4.79 Å². The molecule has 0 saturated carbocycles. The molecule has 0 spiro atoms. The lowest BCUT2D eigenvalue weighted by Crippen LogP contribution is -2.16. The molecule has 5 nitrogen and oxygen atoms in total. The van der Waals surface area contributed by atoms with E-state index in [1.165, 1.54) is 0 Å². The Kier molecular flexibility index (Phi) is 7.46. The molecule has 21 heavy (non-hydrogen) atoms. The van der Waals surface area contributed by atoms with Gasteiger partial charge in [0.1, 0.15) is 0 Å². The van der Waals surface area contributed by atoms with Gasteiger partial charge in [-0.25, -0.2) is 4.79 Å². The summed E-state index contributed by atoms with van der Waals surface area (Å²) in [6, 6.07) is 6.81. The summed E-state index contributed by atoms with van der Waals surface area (Å²) in [6.07, 6.45) is 2.84. The monoisotopic (exact) mass is 292 g/mol. The van der Waals surface area contributed by atoms with Gasteiger partial charge in [0.15, 0.2) is 0 Å². The lowest BCUT2D eigenvalue weighted by molar-refractivity contribution is -0.116. The zero-order chi connectivity index (χ0) is 15.7. The van der Waals surface area contributed by atoms with E-state index in [2.05, 4.69) is 5.32 Å². The van der Waals surface area contributed by atoms with Crippen LogP contribution in [0, 0.1) is 0 Å². The normalized spacial score (nSPS) is 11.8. The highest BCUT2D eigenvalue weighted by molar-refractivity contribution is 5.93. The lowest BCUT2D eigenvalue weighted by Gasteiger charge is -2.07. The van der Waals surface area contributed by atoms with Gasteiger partial charge in [0.05, 0.1) is 12.2 Å². The molecule has 1 unspecified atom stereocenters. The Morgan fingerprint density at radius 3 is 2.52 bits per heavy atom. The Morgan fingerprint density at radius 1 is 1.29 bits per heavy atom. The van der Waals surface area contributed by atoms with Gasteiger partial charge >= 0.3 is 5.97 Å². The molecule has 0 saturated heterocycles. The zero-order valence-corrected chi connectivity index (χ0v) is 12.7. The molecule has 1 rings (SSSR count). The second-order valence-corrected chi connectivity index (χ2v) is 5.13. The maximum absolute atomic E-state index is 11.7. The number of esters is 1. The Balaban J connectivity index is 2.43. The Hall–Kier alpha value is -1.88. The number of benzene rings is 1. The number of hydrogen-bond donors (Lipinski definition) is 2. The fourth-order valence-electron chi connectivity index (χ4n) is 1.78. The van der Waals surface area contributed by atoms with Crippen LogP contribution in [-0.2, 0) is 9.53 Å². The first-order valence-corrected chi connectivity index (χ1v) is 7.35. The smallest absolute Gasteiger partial charge is 0.338 e. The third-order valence-electron chi connectivity index (χ3n) is 2.90. The number of carbonyl (C=O) groups excluding carboxylic acids is 2. The minimum absolute atomic E-state index is 0.0445. The molecular weight excluding hydrogens is 268 g/mol. The predicted octanol–water partition coefficient (Wildman–Crippen LogP) is 2.71. The quantitative estimate of drug-likeness (QED) is 0.722. The summed E-state index contributed by atoms with van der Waals surface area (Å²) >= 11 is 0. The van der Waals surface area contributed by atoms with Crippen LogP contribution in [0.25, 0.3) is 0 Å². The average Bonchev–Trinajstić information content (AvgIpc) is 2.45. The van der Waals surface area contributed by atoms with Gasteiger partial charge in [-0.2, -0.15) is 0 Å². The van der Waals surface area contributed by atoms with Gasteiger partial charge < -0.3 is 15.8 Å². The third-order valence-corrected chi connectivity index (χ3v) is 2.90. The van der Waals surface area contributed by atoms with Crippen molar-refractivity contribution >= 4 is 17.6 Å². The molecule has 0 bridgehead atoms. The molecule has 1 amide bonds. The zero-order valence-electron chi connectivity index (χ0n) is 12.7. The van der Waals surface area contributed by atoms with Crippen LogP contribution in [-0.4, -0.2) is 24.5 Å². The van der Waals surface area contributed by atoms with E-state index in [9.17, 15) is 9.59 Å². The van der Waals surface area contributed by atoms with E-state index in [0.29, 0.717) is 24.3 Å². The second kappa shape index (κ2) is 9.13. The van der Waals surface area contributed by atoms with Crippen molar-refractivity contribution < 1.29 is 14.3 Å². The van der Waals surface area contributed by atoms with Crippen LogP contribution < -0.4 is 11.1 Å². The molecule has 0 aromatic heterocycles. The molecule has 3 N–H and O–H groups in total. The van der Waals surface area contributed by atoms with Gasteiger partial charge in [-0.05, 0) is 50.5 Å². The summed E-state index contributed by atoms with van der Waals surface area (Å²) in [5.74, 6) is -0.386. The van der Waals surface area contributed by atoms with Crippen LogP contribution in [0.2, 0.25) is 0 Å². The van der Waals surface area contributed by atoms with Crippen molar-refractivity contribution in [2.45, 2.75) is 45.6 Å². The molecule has 5 heteroatoms. The molecule has 0 aliphatic rings. The van der Waals surface area contributed by atoms with Crippen LogP contribution in [0.1, 0.15) is 49.9 Å². The van der Waals surface area contributed by atoms with Crippen LogP contribution in [0.3, 0.4) is 0 Å². The molecule has 1 aromatic rings. The SMILES string of the molecule is CCCOC(=O)c1ccc(NC(=O)CCCC(C)N)cc1. The first-order valence-electron chi connectivity index (χ1n) is 7.35. The minimum atomic E-state index is -0.341. The fraction of sp³-hybridized carbons (Fsp3) is 0.500. The van der Waals surface area contributed by atoms with E-state index < -0.39 is 0 Å². The summed E-state index contributed by atoms with van der Waals surface area (Å²) in [5.41, 5.74) is 6.79. The topological polar surface area (TPSA) is 81.4 Å². The maximum Gasteiger partial charge on any atom is 0.338 e. The lowest BCUT2D eigenvalue weighted by atomic mass is 10.1. The third kappa shape index (κ3) is 6.90. The summed E-state index contributed by atoms with van der Waals surface area (Å²) in [6.45, 7) is 4.28. The van der Waals surface area contributed by atoms with E-state index in [1.807, 2.05) is 13.8 Å². The number of nitrogens with two attached hydrogens (primary N) is 1. The summed E-state index contributed by atoms with van der Waals surface area (Å²) in [4.78, 5) is 23.3. The van der Waals surface area contributed by atoms with Crippen molar-refractivity contribution in [3.63, 3.8) is 0 Å². The van der Waals surface area contributed by atoms with E-state index in [-0.39, 0.29) is 17.9 Å². The first kappa shape index (κ1) is 17.2. The average molecular weight is 292 g/mol. The van der Waals surface area contributed by atoms with Gasteiger partial charge in [0.2, 0.25) is 5.91 Å². The number of hydrogen-bond acceptors (Lipinski definition) is 4. The minimum Gasteiger partial charge on any atom is -0.462 e. The molecular formula is C16H24N2O3. The number of anilines is 1. The molecule has 0 fully saturated rings. The molecule has 0 heterocycles. The predicted molar refractivity (Wildman–Crippen MR) is 83.1 cm³/mol. The molecule has 0 radical (unpaired) electrons. The van der Waals surface area contributed by atoms with Crippen LogP contribution >= 0.6 is 0 Å². The molecule has 1 aromatic carbocycles. The van der Waals surface area contributed by atoms with Crippen LogP contribution in [0.4, 0.5) is 5.69 Å². The number of ether oxygens (including phenoxy) is 1. The van der Waals surface area contributed by atoms with Gasteiger partial charge in [0.25, 0.3) is 0 Å². The summed E-state index contributed by atoms with van der Waals surface area (Å²) in [7, 11) is 0. The van der Waals surface area contributed by atoms with Crippen LogP contribution in [0.15, 0.2) is 24.3 Å². The molecule has 0 aliphatic carbocycles. The van der Waals surface area contributed by atoms with E-state index in [1.54, 1.807) is 24.3 Å². The highest BCUT2D eigenvalue weighted by Gasteiger charge is 2.07. The maximum atomic E-state index is 11.7. The van der Waals surface area contributed by atoms with Gasteiger partial charge in [-0.1, -0.05) is 6.92 Å². The largest absolute Gasteiger partial charge is 0.462 e. The summed E-state index contributed by atoms with van der Waals surface area (Å²) < 4.78 is 5.04. The Morgan fingerprint density at radius 2 is 1.95 bits per heavy atom. The standard InChI is InChI=1S/C16H24N2O3/c1-3-11-21-16(20)13-7-9-14(10-8-13)18-15(19)6-4-5-12(2)17/h7-10,12H,3-6,11,17H2,1-2H3,(H,18,19). The van der Waals surface area contributed by atoms with Crippen molar-refractivity contribution in [1.29, 1.82) is 0 Å². The second-order valence-electron chi connectivity index (χ2n) is 5.13. The van der Waals surface area contributed by atoms with Gasteiger partial charge in [-0.15, -0.1) is 0 Å². The number of amides is 1. The van der Waals surface area contributed by atoms with E-state index in [4.69, 9.17) is 10.5 Å². The highest BCUT2D eigenvalue weighted by Crippen LogP contribution is 2.12. The van der Waals surface area contributed by atoms with Crippen molar-refractivity contribution in [1.82, 2.24) is 0 Å². The fourth-order valence-corrected chi connectivity index (χ4v) is 1.78. The van der Waals surface area contributed by atoms with E-state index in [0.717, 1.165) is 19.3 Å². The van der Waals surface area contributed by atoms with E-state index >= 15 is 0 Å². The number of carbonyl (C=O) groups is 2. The van der Waals surface area contributed by atoms with Crippen LogP contribution in [0.5, 0.6) is 0 Å². The van der Waals surface area contributed by atoms with Gasteiger partial charge in [0, 0.05) is 18.2 Å². The molecule has 0 aliphatic heterocycles. The Bertz CT molecular complexity index is 455. The van der Waals surface area contributed by atoms with Crippen molar-refractivity contribution in [3.8, 4) is 0 Å². The number of rotatable bonds is 8. The number of nitrogens with one attached hydrogen (secondary N) is 1. The van der Waals surface area contributed by atoms with Crippen molar-refractivity contribution in [3.05, 3.63) is 29.8 Å². The Labute approximate surface area is 125 Å². The first-order chi connectivity index (χ1) is 10.0. The van der Waals surface area contributed by atoms with Crippen molar-refractivity contribution in [2.24, 2.45) is 5.73 Å². The summed E-state index contributed by atoms with van der Waals surface area (Å²) in [5, 5.41) is 2.79. The highest BCUT2D eigenvalue weighted by atomic mass is 16.5.